The minimum atomic E-state index is -0.129. The van der Waals surface area contributed by atoms with Crippen molar-refractivity contribution in [1.29, 1.82) is 0 Å². The van der Waals surface area contributed by atoms with Crippen LogP contribution < -0.4 is 9.80 Å². The lowest BCUT2D eigenvalue weighted by Crippen LogP contribution is -2.16. The Morgan fingerprint density at radius 2 is 0.739 bits per heavy atom. The topological polar surface area (TPSA) is 45.9 Å². The van der Waals surface area contributed by atoms with Gasteiger partial charge in [0.1, 0.15) is 16.7 Å². The first-order valence-corrected chi connectivity index (χ1v) is 24.2. The van der Waals surface area contributed by atoms with Crippen LogP contribution in [0.25, 0.3) is 76.6 Å². The quantitative estimate of drug-likeness (QED) is 0.156. The highest BCUT2D eigenvalue weighted by molar-refractivity contribution is 6.29. The van der Waals surface area contributed by atoms with E-state index in [4.69, 9.17) is 13.3 Å². The van der Waals surface area contributed by atoms with Crippen LogP contribution in [0.4, 0.5) is 34.1 Å². The maximum absolute atomic E-state index is 7.40. The van der Waals surface area contributed by atoms with E-state index in [-0.39, 0.29) is 10.8 Å². The van der Waals surface area contributed by atoms with Gasteiger partial charge in [0, 0.05) is 60.2 Å². The number of nitrogens with zero attached hydrogens (tertiary/aromatic N) is 2. The first-order chi connectivity index (χ1) is 33.2. The number of hydrogen-bond donors (Lipinski definition) is 0. The van der Waals surface area contributed by atoms with Crippen molar-refractivity contribution in [1.82, 2.24) is 0 Å². The summed E-state index contributed by atoms with van der Waals surface area (Å²) in [5.41, 5.74) is 17.7. The Balaban J connectivity index is 1.26. The normalized spacial score (nSPS) is 12.5. The summed E-state index contributed by atoms with van der Waals surface area (Å²) in [5.74, 6) is 0. The van der Waals surface area contributed by atoms with Crippen molar-refractivity contribution in [2.24, 2.45) is 0 Å². The Kier molecular flexibility index (Phi) is 9.49. The van der Waals surface area contributed by atoms with E-state index < -0.39 is 0 Å². The van der Waals surface area contributed by atoms with Gasteiger partial charge < -0.3 is 23.1 Å². The molecule has 340 valence electrons. The Labute approximate surface area is 403 Å². The van der Waals surface area contributed by atoms with Gasteiger partial charge in [0.25, 0.3) is 0 Å². The van der Waals surface area contributed by atoms with Gasteiger partial charge in [-0.3, -0.25) is 0 Å². The summed E-state index contributed by atoms with van der Waals surface area (Å²) >= 11 is 0. The van der Waals surface area contributed by atoms with Crippen LogP contribution in [0.15, 0.2) is 171 Å². The number of fused-ring (bicyclic) bond motifs is 10. The van der Waals surface area contributed by atoms with Gasteiger partial charge in [0.15, 0.2) is 16.7 Å². The molecule has 0 bridgehead atoms. The minimum Gasteiger partial charge on any atom is -0.454 e. The molecule has 0 N–H and O–H groups in total. The van der Waals surface area contributed by atoms with Crippen LogP contribution in [0.3, 0.4) is 0 Å². The zero-order valence-corrected chi connectivity index (χ0v) is 41.1. The second kappa shape index (κ2) is 15.4. The maximum atomic E-state index is 7.40. The molecule has 5 heteroatoms. The fourth-order valence-electron chi connectivity index (χ4n) is 10.9. The average Bonchev–Trinajstić information content (AvgIpc) is 4.03. The van der Waals surface area contributed by atoms with Gasteiger partial charge in [0.05, 0.1) is 28.1 Å². The molecule has 5 nitrogen and oxygen atoms in total. The van der Waals surface area contributed by atoms with Crippen LogP contribution >= 0.6 is 0 Å². The summed E-state index contributed by atoms with van der Waals surface area (Å²) in [7, 11) is 0. The van der Waals surface area contributed by atoms with E-state index in [0.29, 0.717) is 0 Å². The van der Waals surface area contributed by atoms with Crippen molar-refractivity contribution in [3.05, 3.63) is 191 Å². The fourth-order valence-corrected chi connectivity index (χ4v) is 10.9. The van der Waals surface area contributed by atoms with E-state index in [1.54, 1.807) is 0 Å². The molecule has 69 heavy (non-hydrogen) atoms. The highest BCUT2D eigenvalue weighted by atomic mass is 16.3. The van der Waals surface area contributed by atoms with Crippen molar-refractivity contribution in [3.8, 4) is 0 Å². The number of para-hydroxylation sites is 5. The van der Waals surface area contributed by atoms with Crippen LogP contribution in [0, 0.1) is 27.7 Å². The molecule has 0 saturated heterocycles. The minimum absolute atomic E-state index is 0.128. The molecule has 0 aliphatic heterocycles. The first kappa shape index (κ1) is 42.6. The van der Waals surface area contributed by atoms with Crippen LogP contribution in [0.1, 0.15) is 74.9 Å². The first-order valence-electron chi connectivity index (χ1n) is 24.2. The summed E-state index contributed by atoms with van der Waals surface area (Å²) < 4.78 is 21.9. The fraction of sp³-hybridized carbons (Fsp3) is 0.188. The molecule has 0 fully saturated rings. The predicted molar refractivity (Wildman–Crippen MR) is 291 cm³/mol. The molecule has 3 heterocycles. The monoisotopic (exact) mass is 900 g/mol. The van der Waals surface area contributed by atoms with Crippen LogP contribution in [0.5, 0.6) is 0 Å². The average molecular weight is 901 g/mol. The lowest BCUT2D eigenvalue weighted by Gasteiger charge is -2.32. The van der Waals surface area contributed by atoms with E-state index in [1.165, 1.54) is 11.1 Å². The van der Waals surface area contributed by atoms with Gasteiger partial charge in [-0.05, 0) is 91.1 Å². The van der Waals surface area contributed by atoms with Crippen molar-refractivity contribution >= 4 is 111 Å². The number of furan rings is 3. The molecule has 0 spiro atoms. The van der Waals surface area contributed by atoms with Gasteiger partial charge in [-0.15, -0.1) is 0 Å². The summed E-state index contributed by atoms with van der Waals surface area (Å²) in [6.45, 7) is 22.3. The van der Waals surface area contributed by atoms with Crippen molar-refractivity contribution in [3.63, 3.8) is 0 Å². The van der Waals surface area contributed by atoms with Gasteiger partial charge >= 0.3 is 0 Å². The number of aryl methyl sites for hydroxylation is 4. The molecule has 0 aliphatic rings. The largest absolute Gasteiger partial charge is 0.454 e. The SMILES string of the molecule is Cc1ccc(C)c(N(c2cccc3c2oc2c(C(C)(C)C)cccc23)c2c3ccccc3c(N(c3cc(C)ccc3C)c3cccc4c3oc3c(C(C)(C)C)cccc34)c3c2oc2ccccc23)c1. The van der Waals surface area contributed by atoms with E-state index in [1.807, 2.05) is 0 Å². The van der Waals surface area contributed by atoms with E-state index in [9.17, 15) is 0 Å². The smallest absolute Gasteiger partial charge is 0.162 e. The van der Waals surface area contributed by atoms with E-state index in [0.717, 1.165) is 133 Å². The van der Waals surface area contributed by atoms with Crippen molar-refractivity contribution in [2.75, 3.05) is 9.80 Å². The Morgan fingerprint density at radius 3 is 1.23 bits per heavy atom. The third-order valence-electron chi connectivity index (χ3n) is 14.2. The lowest BCUT2D eigenvalue weighted by atomic mass is 9.86. The van der Waals surface area contributed by atoms with E-state index >= 15 is 0 Å². The number of benzene rings is 9. The molecule has 12 rings (SSSR count). The second-order valence-corrected chi connectivity index (χ2v) is 21.2. The predicted octanol–water partition coefficient (Wildman–Crippen LogP) is 19.3. The molecule has 9 aromatic carbocycles. The van der Waals surface area contributed by atoms with E-state index in [2.05, 4.69) is 237 Å². The Morgan fingerprint density at radius 1 is 0.333 bits per heavy atom. The summed E-state index contributed by atoms with van der Waals surface area (Å²) in [6, 6.07) is 57.1. The molecule has 0 saturated carbocycles. The van der Waals surface area contributed by atoms with Crippen LogP contribution in [-0.4, -0.2) is 0 Å². The van der Waals surface area contributed by atoms with Crippen molar-refractivity contribution in [2.45, 2.75) is 80.1 Å². The lowest BCUT2D eigenvalue weighted by molar-refractivity contribution is 0.572. The number of hydrogen-bond acceptors (Lipinski definition) is 5. The zero-order chi connectivity index (χ0) is 47.7. The Hall–Kier alpha value is -7.76. The molecule has 3 aromatic heterocycles. The summed E-state index contributed by atoms with van der Waals surface area (Å²) in [6.07, 6.45) is 0. The van der Waals surface area contributed by atoms with Gasteiger partial charge in [-0.25, -0.2) is 0 Å². The molecule has 0 unspecified atom stereocenters. The van der Waals surface area contributed by atoms with Gasteiger partial charge in [-0.1, -0.05) is 169 Å². The standard InChI is InChI=1S/C64H56N2O3/c1-37-31-33-39(3)52(35-37)65(50-28-17-24-45-43-22-15-26-48(63(5,6)7)58(43)68-60(45)50)56-41-19-11-12-20-42(41)57(62-55(56)47-21-13-14-30-54(47)67-62)66(53-36-38(2)32-34-40(53)4)51-29-18-25-46-44-23-16-27-49(64(8,9)10)59(44)69-61(46)51/h11-36H,1-10H3. The zero-order valence-electron chi connectivity index (χ0n) is 41.1. The molecule has 0 radical (unpaired) electrons. The molecular formula is C64H56N2O3. The molecular weight excluding hydrogens is 845 g/mol. The second-order valence-electron chi connectivity index (χ2n) is 21.2. The molecule has 0 atom stereocenters. The molecule has 0 amide bonds. The highest BCUT2D eigenvalue weighted by Gasteiger charge is 2.33. The molecule has 0 aliphatic carbocycles. The highest BCUT2D eigenvalue weighted by Crippen LogP contribution is 2.56. The molecule has 12 aromatic rings. The third-order valence-corrected chi connectivity index (χ3v) is 14.2. The van der Waals surface area contributed by atoms with Gasteiger partial charge in [0.2, 0.25) is 0 Å². The summed E-state index contributed by atoms with van der Waals surface area (Å²) in [4.78, 5) is 4.87. The Bertz CT molecular complexity index is 4050. The number of anilines is 6. The van der Waals surface area contributed by atoms with Gasteiger partial charge in [-0.2, -0.15) is 0 Å². The number of rotatable bonds is 6. The van der Waals surface area contributed by atoms with Crippen LogP contribution in [0.2, 0.25) is 0 Å². The van der Waals surface area contributed by atoms with Crippen LogP contribution in [-0.2, 0) is 10.8 Å². The van der Waals surface area contributed by atoms with Crippen molar-refractivity contribution < 1.29 is 13.3 Å². The third kappa shape index (κ3) is 6.58. The maximum Gasteiger partial charge on any atom is 0.162 e. The summed E-state index contributed by atoms with van der Waals surface area (Å²) in [5, 5.41) is 8.49.